The van der Waals surface area contributed by atoms with E-state index in [-0.39, 0.29) is 0 Å². The maximum Gasteiger partial charge on any atom is 0.126 e. The fraction of sp³-hybridized carbons (Fsp3) is 0.0909. The highest BCUT2D eigenvalue weighted by molar-refractivity contribution is 7.16. The van der Waals surface area contributed by atoms with E-state index in [1.54, 1.807) is 18.3 Å². The Morgan fingerprint density at radius 3 is 2.81 bits per heavy atom. The summed E-state index contributed by atoms with van der Waals surface area (Å²) >= 11 is 7.36. The van der Waals surface area contributed by atoms with Gasteiger partial charge < -0.3 is 5.32 Å². The molecule has 16 heavy (non-hydrogen) atoms. The van der Waals surface area contributed by atoms with Crippen molar-refractivity contribution >= 4 is 28.8 Å². The molecule has 3 nitrogen and oxygen atoms in total. The molecule has 2 rings (SSSR count). The molecular formula is C11H8ClN3S. The van der Waals surface area contributed by atoms with E-state index in [9.17, 15) is 0 Å². The van der Waals surface area contributed by atoms with Gasteiger partial charge in [0.15, 0.2) is 0 Å². The van der Waals surface area contributed by atoms with Crippen LogP contribution in [0.15, 0.2) is 30.5 Å². The SMILES string of the molecule is N#Cc1ccc(NCc2ccc(Cl)s2)nc1. The Kier molecular flexibility index (Phi) is 3.40. The van der Waals surface area contributed by atoms with Gasteiger partial charge in [-0.25, -0.2) is 4.98 Å². The summed E-state index contributed by atoms with van der Waals surface area (Å²) in [5.74, 6) is 0.753. The Hall–Kier alpha value is -1.57. The van der Waals surface area contributed by atoms with Crippen molar-refractivity contribution in [1.29, 1.82) is 5.26 Å². The largest absolute Gasteiger partial charge is 0.365 e. The highest BCUT2D eigenvalue weighted by Gasteiger charge is 1.99. The third-order valence-electron chi connectivity index (χ3n) is 1.97. The monoisotopic (exact) mass is 249 g/mol. The van der Waals surface area contributed by atoms with Crippen LogP contribution in [0.1, 0.15) is 10.4 Å². The first-order chi connectivity index (χ1) is 7.78. The van der Waals surface area contributed by atoms with Crippen LogP contribution in [0.3, 0.4) is 0 Å². The van der Waals surface area contributed by atoms with Crippen molar-refractivity contribution in [2.24, 2.45) is 0 Å². The maximum absolute atomic E-state index is 8.62. The van der Waals surface area contributed by atoms with Gasteiger partial charge in [-0.1, -0.05) is 11.6 Å². The van der Waals surface area contributed by atoms with Crippen LogP contribution in [0.4, 0.5) is 5.82 Å². The zero-order chi connectivity index (χ0) is 11.4. The van der Waals surface area contributed by atoms with E-state index in [0.717, 1.165) is 15.0 Å². The van der Waals surface area contributed by atoms with E-state index in [1.165, 1.54) is 11.3 Å². The quantitative estimate of drug-likeness (QED) is 0.908. The number of rotatable bonds is 3. The van der Waals surface area contributed by atoms with E-state index in [2.05, 4.69) is 10.3 Å². The number of aromatic nitrogens is 1. The van der Waals surface area contributed by atoms with E-state index in [1.807, 2.05) is 18.2 Å². The van der Waals surface area contributed by atoms with Gasteiger partial charge in [0.05, 0.1) is 16.4 Å². The number of nitrogens with one attached hydrogen (secondary N) is 1. The lowest BCUT2D eigenvalue weighted by atomic mass is 10.3. The van der Waals surface area contributed by atoms with Crippen LogP contribution in [0.2, 0.25) is 4.34 Å². The number of thiophene rings is 1. The van der Waals surface area contributed by atoms with Crippen LogP contribution >= 0.6 is 22.9 Å². The number of nitriles is 1. The first-order valence-corrected chi connectivity index (χ1v) is 5.81. The molecule has 0 fully saturated rings. The molecule has 0 amide bonds. The molecular weight excluding hydrogens is 242 g/mol. The second-order valence-electron chi connectivity index (χ2n) is 3.10. The topological polar surface area (TPSA) is 48.7 Å². The fourth-order valence-corrected chi connectivity index (χ4v) is 2.22. The van der Waals surface area contributed by atoms with Gasteiger partial charge in [-0.05, 0) is 24.3 Å². The minimum Gasteiger partial charge on any atom is -0.365 e. The summed E-state index contributed by atoms with van der Waals surface area (Å²) in [6.07, 6.45) is 1.55. The van der Waals surface area contributed by atoms with Gasteiger partial charge in [0.25, 0.3) is 0 Å². The summed E-state index contributed by atoms with van der Waals surface area (Å²) in [7, 11) is 0. The molecule has 2 heterocycles. The van der Waals surface area contributed by atoms with Gasteiger partial charge in [-0.3, -0.25) is 0 Å². The molecule has 0 aromatic carbocycles. The smallest absolute Gasteiger partial charge is 0.126 e. The summed E-state index contributed by atoms with van der Waals surface area (Å²) in [6.45, 7) is 0.691. The lowest BCUT2D eigenvalue weighted by molar-refractivity contribution is 1.14. The molecule has 0 saturated carbocycles. The van der Waals surface area contributed by atoms with Crippen LogP contribution in [0.5, 0.6) is 0 Å². The number of hydrogen-bond donors (Lipinski definition) is 1. The third-order valence-corrected chi connectivity index (χ3v) is 3.20. The Balaban J connectivity index is 1.97. The highest BCUT2D eigenvalue weighted by Crippen LogP contribution is 2.21. The lowest BCUT2D eigenvalue weighted by Crippen LogP contribution is -1.99. The van der Waals surface area contributed by atoms with Crippen molar-refractivity contribution in [2.75, 3.05) is 5.32 Å². The predicted octanol–water partition coefficient (Wildman–Crippen LogP) is 3.28. The molecule has 0 aliphatic heterocycles. The molecule has 0 spiro atoms. The molecule has 2 aromatic heterocycles. The van der Waals surface area contributed by atoms with Crippen molar-refractivity contribution in [1.82, 2.24) is 4.98 Å². The van der Waals surface area contributed by atoms with E-state index < -0.39 is 0 Å². The van der Waals surface area contributed by atoms with Crippen LogP contribution in [-0.4, -0.2) is 4.98 Å². The fourth-order valence-electron chi connectivity index (χ4n) is 1.19. The Morgan fingerprint density at radius 2 is 2.25 bits per heavy atom. The van der Waals surface area contributed by atoms with E-state index in [0.29, 0.717) is 12.1 Å². The molecule has 0 saturated heterocycles. The second kappa shape index (κ2) is 4.97. The molecule has 80 valence electrons. The molecule has 0 radical (unpaired) electrons. The van der Waals surface area contributed by atoms with E-state index in [4.69, 9.17) is 16.9 Å². The highest BCUT2D eigenvalue weighted by atomic mass is 35.5. The number of halogens is 1. The van der Waals surface area contributed by atoms with Crippen molar-refractivity contribution in [3.63, 3.8) is 0 Å². The summed E-state index contributed by atoms with van der Waals surface area (Å²) < 4.78 is 0.782. The average molecular weight is 250 g/mol. The van der Waals surface area contributed by atoms with Gasteiger partial charge in [-0.2, -0.15) is 5.26 Å². The summed E-state index contributed by atoms with van der Waals surface area (Å²) in [6, 6.07) is 9.39. The van der Waals surface area contributed by atoms with Crippen molar-refractivity contribution in [2.45, 2.75) is 6.54 Å². The van der Waals surface area contributed by atoms with Crippen LogP contribution < -0.4 is 5.32 Å². The summed E-state index contributed by atoms with van der Waals surface area (Å²) in [4.78, 5) is 5.26. The lowest BCUT2D eigenvalue weighted by Gasteiger charge is -2.02. The zero-order valence-corrected chi connectivity index (χ0v) is 9.85. The van der Waals surface area contributed by atoms with Gasteiger partial charge in [0.2, 0.25) is 0 Å². The number of anilines is 1. The minimum absolute atomic E-state index is 0.560. The Bertz CT molecular complexity index is 513. The molecule has 0 aliphatic carbocycles. The molecule has 0 unspecified atom stereocenters. The number of nitrogens with zero attached hydrogens (tertiary/aromatic N) is 2. The van der Waals surface area contributed by atoms with Crippen molar-refractivity contribution in [3.8, 4) is 6.07 Å². The van der Waals surface area contributed by atoms with Gasteiger partial charge in [0.1, 0.15) is 11.9 Å². The molecule has 0 aliphatic rings. The molecule has 2 aromatic rings. The van der Waals surface area contributed by atoms with Crippen molar-refractivity contribution in [3.05, 3.63) is 45.2 Å². The van der Waals surface area contributed by atoms with Gasteiger partial charge in [-0.15, -0.1) is 11.3 Å². The molecule has 0 atom stereocenters. The third kappa shape index (κ3) is 2.72. The summed E-state index contributed by atoms with van der Waals surface area (Å²) in [5, 5.41) is 11.8. The first kappa shape index (κ1) is 10.9. The van der Waals surface area contributed by atoms with Gasteiger partial charge in [0, 0.05) is 11.1 Å². The van der Waals surface area contributed by atoms with E-state index >= 15 is 0 Å². The normalized spacial score (nSPS) is 9.75. The molecule has 0 bridgehead atoms. The summed E-state index contributed by atoms with van der Waals surface area (Å²) in [5.41, 5.74) is 0.560. The Morgan fingerprint density at radius 1 is 1.38 bits per heavy atom. The second-order valence-corrected chi connectivity index (χ2v) is 4.90. The van der Waals surface area contributed by atoms with Crippen LogP contribution in [-0.2, 0) is 6.54 Å². The maximum atomic E-state index is 8.62. The minimum atomic E-state index is 0.560. The average Bonchev–Trinajstić information content (AvgIpc) is 2.73. The number of pyridine rings is 1. The standard InChI is InChI=1S/C11H8ClN3S/c12-10-3-2-9(16-10)7-15-11-4-1-8(5-13)6-14-11/h1-4,6H,7H2,(H,14,15). The first-order valence-electron chi connectivity index (χ1n) is 4.62. The molecule has 1 N–H and O–H groups in total. The molecule has 5 heteroatoms. The van der Waals surface area contributed by atoms with Crippen LogP contribution in [0.25, 0.3) is 0 Å². The van der Waals surface area contributed by atoms with Gasteiger partial charge >= 0.3 is 0 Å². The predicted molar refractivity (Wildman–Crippen MR) is 65.6 cm³/mol. The number of hydrogen-bond acceptors (Lipinski definition) is 4. The van der Waals surface area contributed by atoms with Crippen molar-refractivity contribution < 1.29 is 0 Å². The zero-order valence-electron chi connectivity index (χ0n) is 8.27. The van der Waals surface area contributed by atoms with Crippen LogP contribution in [0, 0.1) is 11.3 Å². The Labute approximate surface area is 102 Å².